The van der Waals surface area contributed by atoms with Crippen molar-refractivity contribution in [1.82, 2.24) is 10.3 Å². The van der Waals surface area contributed by atoms with Crippen LogP contribution in [-0.2, 0) is 15.3 Å². The lowest BCUT2D eigenvalue weighted by Gasteiger charge is -2.03. The molecule has 1 aromatic heterocycles. The molecule has 0 aliphatic carbocycles. The van der Waals surface area contributed by atoms with Crippen molar-refractivity contribution >= 4 is 23.6 Å². The van der Waals surface area contributed by atoms with Crippen molar-refractivity contribution in [3.63, 3.8) is 0 Å². The number of rotatable bonds is 7. The summed E-state index contributed by atoms with van der Waals surface area (Å²) in [7, 11) is 0. The van der Waals surface area contributed by atoms with Crippen LogP contribution < -0.4 is 5.32 Å². The Morgan fingerprint density at radius 2 is 2.24 bits per heavy atom. The van der Waals surface area contributed by atoms with Gasteiger partial charge in [0.15, 0.2) is 0 Å². The van der Waals surface area contributed by atoms with Crippen LogP contribution in [0.5, 0.6) is 0 Å². The second-order valence-corrected chi connectivity index (χ2v) is 4.29. The number of carboxylic acid groups (broad SMARTS) is 1. The molecule has 0 spiro atoms. The normalized spacial score (nSPS) is 9.88. The first-order chi connectivity index (χ1) is 8.18. The highest BCUT2D eigenvalue weighted by Crippen LogP contribution is 2.08. The summed E-state index contributed by atoms with van der Waals surface area (Å²) in [6, 6.07) is 5.64. The van der Waals surface area contributed by atoms with E-state index in [1.165, 1.54) is 11.8 Å². The molecule has 6 heteroatoms. The van der Waals surface area contributed by atoms with Crippen LogP contribution in [0.2, 0.25) is 0 Å². The fraction of sp³-hybridized carbons (Fsp3) is 0.364. The van der Waals surface area contributed by atoms with E-state index in [2.05, 4.69) is 10.3 Å². The van der Waals surface area contributed by atoms with E-state index in [0.717, 1.165) is 5.69 Å². The van der Waals surface area contributed by atoms with Gasteiger partial charge in [0, 0.05) is 18.5 Å². The first kappa shape index (κ1) is 13.5. The Hall–Kier alpha value is -1.56. The molecule has 0 atom stereocenters. The van der Waals surface area contributed by atoms with Crippen LogP contribution >= 0.6 is 11.8 Å². The van der Waals surface area contributed by atoms with Crippen LogP contribution in [0.15, 0.2) is 24.4 Å². The molecule has 0 aromatic carbocycles. The van der Waals surface area contributed by atoms with E-state index < -0.39 is 5.97 Å². The lowest BCUT2D eigenvalue weighted by Crippen LogP contribution is -2.27. The highest BCUT2D eigenvalue weighted by atomic mass is 32.2. The van der Waals surface area contributed by atoms with E-state index in [0.29, 0.717) is 11.5 Å². The number of carbonyl (C=O) groups excluding carboxylic acids is 1. The average molecular weight is 254 g/mol. The molecule has 1 aromatic rings. The third-order valence-electron chi connectivity index (χ3n) is 1.87. The summed E-state index contributed by atoms with van der Waals surface area (Å²) >= 11 is 1.45. The summed E-state index contributed by atoms with van der Waals surface area (Å²) in [5.41, 5.74) is 0.927. The van der Waals surface area contributed by atoms with Gasteiger partial charge in [0.05, 0.1) is 17.9 Å². The van der Waals surface area contributed by atoms with Gasteiger partial charge in [-0.3, -0.25) is 14.6 Å². The number of hydrogen-bond donors (Lipinski definition) is 2. The number of aliphatic carboxylic acids is 1. The smallest absolute Gasteiger partial charge is 0.305 e. The molecule has 0 aliphatic rings. The quantitative estimate of drug-likeness (QED) is 0.756. The van der Waals surface area contributed by atoms with E-state index in [1.807, 2.05) is 18.2 Å². The number of pyridine rings is 1. The Morgan fingerprint density at radius 1 is 1.41 bits per heavy atom. The molecular weight excluding hydrogens is 240 g/mol. The summed E-state index contributed by atoms with van der Waals surface area (Å²) in [6.07, 6.45) is 1.67. The Bertz CT molecular complexity index is 370. The van der Waals surface area contributed by atoms with Gasteiger partial charge in [0.1, 0.15) is 0 Å². The largest absolute Gasteiger partial charge is 0.481 e. The molecule has 92 valence electrons. The number of thioether (sulfide) groups is 1. The molecule has 17 heavy (non-hydrogen) atoms. The predicted molar refractivity (Wildman–Crippen MR) is 65.7 cm³/mol. The van der Waals surface area contributed by atoms with Crippen molar-refractivity contribution in [3.05, 3.63) is 30.1 Å². The van der Waals surface area contributed by atoms with Crippen molar-refractivity contribution in [2.75, 3.05) is 12.3 Å². The van der Waals surface area contributed by atoms with E-state index >= 15 is 0 Å². The van der Waals surface area contributed by atoms with Crippen molar-refractivity contribution in [2.45, 2.75) is 12.2 Å². The van der Waals surface area contributed by atoms with E-state index in [4.69, 9.17) is 5.11 Å². The zero-order valence-electron chi connectivity index (χ0n) is 9.26. The molecule has 0 aliphatic heterocycles. The molecule has 2 N–H and O–H groups in total. The number of nitrogens with zero attached hydrogens (tertiary/aromatic N) is 1. The van der Waals surface area contributed by atoms with Crippen molar-refractivity contribution in [2.24, 2.45) is 0 Å². The van der Waals surface area contributed by atoms with Gasteiger partial charge in [-0.2, -0.15) is 0 Å². The number of carbonyl (C=O) groups is 2. The molecule has 1 amide bonds. The Labute approximate surface area is 104 Å². The van der Waals surface area contributed by atoms with Gasteiger partial charge >= 0.3 is 5.97 Å². The second-order valence-electron chi connectivity index (χ2n) is 3.31. The Morgan fingerprint density at radius 3 is 2.88 bits per heavy atom. The summed E-state index contributed by atoms with van der Waals surface area (Å²) in [4.78, 5) is 25.6. The Kier molecular flexibility index (Phi) is 6.09. The maximum atomic E-state index is 11.3. The number of carboxylic acids is 1. The van der Waals surface area contributed by atoms with Crippen LogP contribution in [0, 0.1) is 0 Å². The second kappa shape index (κ2) is 7.67. The van der Waals surface area contributed by atoms with Gasteiger partial charge in [0.2, 0.25) is 5.91 Å². The minimum atomic E-state index is -0.911. The molecule has 0 fully saturated rings. The first-order valence-corrected chi connectivity index (χ1v) is 6.30. The zero-order valence-corrected chi connectivity index (χ0v) is 10.1. The van der Waals surface area contributed by atoms with Crippen LogP contribution in [0.4, 0.5) is 0 Å². The lowest BCUT2D eigenvalue weighted by molar-refractivity contribution is -0.136. The molecule has 5 nitrogen and oxygen atoms in total. The molecule has 0 radical (unpaired) electrons. The van der Waals surface area contributed by atoms with Gasteiger partial charge in [-0.05, 0) is 12.1 Å². The minimum absolute atomic E-state index is 0.0450. The minimum Gasteiger partial charge on any atom is -0.481 e. The Balaban J connectivity index is 2.10. The van der Waals surface area contributed by atoms with Gasteiger partial charge in [0.25, 0.3) is 0 Å². The predicted octanol–water partition coefficient (Wildman–Crippen LogP) is 0.906. The van der Waals surface area contributed by atoms with Crippen LogP contribution in [0.3, 0.4) is 0 Å². The third kappa shape index (κ3) is 6.57. The highest BCUT2D eigenvalue weighted by molar-refractivity contribution is 7.99. The van der Waals surface area contributed by atoms with E-state index in [1.54, 1.807) is 6.20 Å². The number of amides is 1. The molecule has 0 saturated heterocycles. The topological polar surface area (TPSA) is 79.3 Å². The maximum Gasteiger partial charge on any atom is 0.305 e. The molecular formula is C11H14N2O3S. The number of hydrogen-bond acceptors (Lipinski definition) is 4. The van der Waals surface area contributed by atoms with Crippen LogP contribution in [0.1, 0.15) is 12.1 Å². The summed E-state index contributed by atoms with van der Waals surface area (Å²) in [5.74, 6) is -0.0674. The zero-order chi connectivity index (χ0) is 12.5. The van der Waals surface area contributed by atoms with Gasteiger partial charge < -0.3 is 10.4 Å². The first-order valence-electron chi connectivity index (χ1n) is 5.14. The molecule has 0 saturated carbocycles. The molecule has 0 unspecified atom stereocenters. The number of aromatic nitrogens is 1. The lowest BCUT2D eigenvalue weighted by atomic mass is 10.4. The molecule has 1 rings (SSSR count). The average Bonchev–Trinajstić information content (AvgIpc) is 2.30. The van der Waals surface area contributed by atoms with Gasteiger partial charge in [-0.25, -0.2) is 0 Å². The number of nitrogens with one attached hydrogen (secondary N) is 1. The standard InChI is InChI=1S/C11H14N2O3S/c14-10(13-6-4-11(15)16)8-17-7-9-3-1-2-5-12-9/h1-3,5H,4,6-8H2,(H,13,14)(H,15,16). The highest BCUT2D eigenvalue weighted by Gasteiger charge is 2.03. The molecule has 0 bridgehead atoms. The van der Waals surface area contributed by atoms with E-state index in [-0.39, 0.29) is 18.9 Å². The fourth-order valence-electron chi connectivity index (χ4n) is 1.09. The third-order valence-corrected chi connectivity index (χ3v) is 2.84. The SMILES string of the molecule is O=C(O)CCNC(=O)CSCc1ccccn1. The summed E-state index contributed by atoms with van der Waals surface area (Å²) in [5, 5.41) is 10.9. The molecule has 1 heterocycles. The maximum absolute atomic E-state index is 11.3. The van der Waals surface area contributed by atoms with Crippen molar-refractivity contribution < 1.29 is 14.7 Å². The van der Waals surface area contributed by atoms with Gasteiger partial charge in [-0.1, -0.05) is 6.07 Å². The van der Waals surface area contributed by atoms with Crippen LogP contribution in [-0.4, -0.2) is 34.3 Å². The van der Waals surface area contributed by atoms with Crippen molar-refractivity contribution in [3.8, 4) is 0 Å². The van der Waals surface area contributed by atoms with Crippen molar-refractivity contribution in [1.29, 1.82) is 0 Å². The van der Waals surface area contributed by atoms with E-state index in [9.17, 15) is 9.59 Å². The summed E-state index contributed by atoms with van der Waals surface area (Å²) in [6.45, 7) is 0.179. The summed E-state index contributed by atoms with van der Waals surface area (Å²) < 4.78 is 0. The monoisotopic (exact) mass is 254 g/mol. The van der Waals surface area contributed by atoms with Gasteiger partial charge in [-0.15, -0.1) is 11.8 Å². The fourth-order valence-corrected chi connectivity index (χ4v) is 1.86. The van der Waals surface area contributed by atoms with Crippen LogP contribution in [0.25, 0.3) is 0 Å².